The molecule has 0 atom stereocenters. The lowest BCUT2D eigenvalue weighted by molar-refractivity contribution is -0.131. The lowest BCUT2D eigenvalue weighted by Gasteiger charge is -2.23. The number of hydrogen-bond acceptors (Lipinski definition) is 2. The Morgan fingerprint density at radius 3 is 2.24 bits per heavy atom. The second kappa shape index (κ2) is 16.4. The summed E-state index contributed by atoms with van der Waals surface area (Å²) in [5.41, 5.74) is 5.79. The zero-order valence-electron chi connectivity index (χ0n) is 22.7. The first-order chi connectivity index (χ1) is 16.2. The summed E-state index contributed by atoms with van der Waals surface area (Å²) in [4.78, 5) is 11.0. The third-order valence-corrected chi connectivity index (χ3v) is 6.08. The first-order valence-corrected chi connectivity index (χ1v) is 13.3. The van der Waals surface area contributed by atoms with Gasteiger partial charge >= 0.3 is 5.97 Å². The minimum atomic E-state index is -0.918. The number of ether oxygens (including phenoxy) is 1. The Kier molecular flexibility index (Phi) is 14.3. The van der Waals surface area contributed by atoms with Crippen molar-refractivity contribution in [3.05, 3.63) is 58.7 Å². The van der Waals surface area contributed by atoms with Gasteiger partial charge in [-0.05, 0) is 66.4 Å². The fourth-order valence-corrected chi connectivity index (χ4v) is 3.95. The molecule has 1 N–H and O–H groups in total. The van der Waals surface area contributed by atoms with E-state index in [0.717, 1.165) is 43.6 Å². The Balaban J connectivity index is 3.45. The van der Waals surface area contributed by atoms with Crippen molar-refractivity contribution in [1.29, 1.82) is 0 Å². The highest BCUT2D eigenvalue weighted by atomic mass is 16.5. The second-order valence-electron chi connectivity index (χ2n) is 9.94. The topological polar surface area (TPSA) is 46.5 Å². The van der Waals surface area contributed by atoms with Crippen molar-refractivity contribution in [3.8, 4) is 5.75 Å². The molecule has 1 aromatic rings. The quantitative estimate of drug-likeness (QED) is 0.149. The van der Waals surface area contributed by atoms with Crippen LogP contribution in [0.3, 0.4) is 0 Å². The van der Waals surface area contributed by atoms with Crippen LogP contribution >= 0.6 is 0 Å². The molecule has 1 rings (SSSR count). The van der Waals surface area contributed by atoms with Gasteiger partial charge in [0, 0.05) is 11.6 Å². The van der Waals surface area contributed by atoms with Crippen LogP contribution in [0.25, 0.3) is 5.57 Å². The van der Waals surface area contributed by atoms with Crippen molar-refractivity contribution in [3.63, 3.8) is 0 Å². The van der Waals surface area contributed by atoms with Gasteiger partial charge in [0.15, 0.2) is 0 Å². The highest BCUT2D eigenvalue weighted by Gasteiger charge is 2.19. The van der Waals surface area contributed by atoms with Gasteiger partial charge in [-0.2, -0.15) is 0 Å². The zero-order chi connectivity index (χ0) is 25.5. The highest BCUT2D eigenvalue weighted by molar-refractivity contribution is 5.81. The monoisotopic (exact) mass is 468 g/mol. The molecule has 0 saturated heterocycles. The molecule has 0 heterocycles. The molecule has 0 bridgehead atoms. The lowest BCUT2D eigenvalue weighted by Crippen LogP contribution is -2.07. The van der Waals surface area contributed by atoms with E-state index in [9.17, 15) is 4.79 Å². The fourth-order valence-electron chi connectivity index (χ4n) is 3.95. The minimum absolute atomic E-state index is 0.372. The summed E-state index contributed by atoms with van der Waals surface area (Å²) >= 11 is 0. The van der Waals surface area contributed by atoms with Crippen LogP contribution in [0.15, 0.2) is 42.0 Å². The summed E-state index contributed by atoms with van der Waals surface area (Å²) in [6.45, 7) is 16.0. The summed E-state index contributed by atoms with van der Waals surface area (Å²) in [5, 5.41) is 9.00. The predicted octanol–water partition coefficient (Wildman–Crippen LogP) is 9.44. The number of carboxylic acids is 1. The summed E-state index contributed by atoms with van der Waals surface area (Å²) in [6.07, 6.45) is 16.5. The maximum absolute atomic E-state index is 11.0. The summed E-state index contributed by atoms with van der Waals surface area (Å²) < 4.78 is 6.53. The normalized spacial score (nSPS) is 12.9. The van der Waals surface area contributed by atoms with Crippen molar-refractivity contribution in [2.24, 2.45) is 0 Å². The van der Waals surface area contributed by atoms with Crippen LogP contribution in [0.1, 0.15) is 128 Å². The van der Waals surface area contributed by atoms with E-state index in [-0.39, 0.29) is 0 Å². The van der Waals surface area contributed by atoms with Gasteiger partial charge in [-0.25, -0.2) is 4.79 Å². The van der Waals surface area contributed by atoms with Gasteiger partial charge in [-0.15, -0.1) is 0 Å². The van der Waals surface area contributed by atoms with E-state index in [1.807, 2.05) is 19.1 Å². The van der Waals surface area contributed by atoms with E-state index in [4.69, 9.17) is 9.84 Å². The standard InChI is InChI=1S/C31H48O3/c1-8-10-12-13-14-19-34-31-28(24(5)6)21-27(23(3)4)22-29(31)26(17-11-9-2)18-15-16-25(7)20-30(32)33/h15-16,18,20-24H,8-14,17,19H2,1-7H3,(H,32,33). The van der Waals surface area contributed by atoms with Crippen LogP contribution in [-0.2, 0) is 4.79 Å². The summed E-state index contributed by atoms with van der Waals surface area (Å²) in [6, 6.07) is 4.65. The van der Waals surface area contributed by atoms with E-state index in [1.165, 1.54) is 54.0 Å². The number of aliphatic carboxylic acids is 1. The van der Waals surface area contributed by atoms with Crippen molar-refractivity contribution >= 4 is 11.5 Å². The molecule has 190 valence electrons. The van der Waals surface area contributed by atoms with Gasteiger partial charge in [0.25, 0.3) is 0 Å². The first kappa shape index (κ1) is 29.7. The van der Waals surface area contributed by atoms with E-state index in [1.54, 1.807) is 0 Å². The number of benzene rings is 1. The minimum Gasteiger partial charge on any atom is -0.493 e. The highest BCUT2D eigenvalue weighted by Crippen LogP contribution is 2.39. The summed E-state index contributed by atoms with van der Waals surface area (Å²) in [7, 11) is 0. The molecule has 1 aromatic carbocycles. The molecule has 0 amide bonds. The molecule has 0 fully saturated rings. The third kappa shape index (κ3) is 10.8. The maximum atomic E-state index is 11.0. The number of unbranched alkanes of at least 4 members (excludes halogenated alkanes) is 5. The number of hydrogen-bond donors (Lipinski definition) is 1. The molecule has 0 saturated carbocycles. The Morgan fingerprint density at radius 1 is 0.971 bits per heavy atom. The molecule has 34 heavy (non-hydrogen) atoms. The average Bonchev–Trinajstić information content (AvgIpc) is 2.77. The largest absolute Gasteiger partial charge is 0.493 e. The molecular formula is C31H48O3. The average molecular weight is 469 g/mol. The van der Waals surface area contributed by atoms with Gasteiger partial charge in [0.05, 0.1) is 6.61 Å². The SMILES string of the molecule is CCCCCCCOc1c(C(=CC=CC(C)=CC(=O)O)CCCC)cc(C(C)C)cc1C(C)C. The molecule has 0 aromatic heterocycles. The number of carbonyl (C=O) groups is 1. The van der Waals surface area contributed by atoms with Crippen molar-refractivity contribution < 1.29 is 14.6 Å². The predicted molar refractivity (Wildman–Crippen MR) is 147 cm³/mol. The van der Waals surface area contributed by atoms with Crippen LogP contribution in [0.4, 0.5) is 0 Å². The fraction of sp³-hybridized carbons (Fsp3) is 0.581. The Morgan fingerprint density at radius 2 is 1.65 bits per heavy atom. The molecule has 0 unspecified atom stereocenters. The lowest BCUT2D eigenvalue weighted by atomic mass is 9.88. The van der Waals surface area contributed by atoms with Gasteiger partial charge in [-0.1, -0.05) is 97.9 Å². The molecule has 0 radical (unpaired) electrons. The van der Waals surface area contributed by atoms with E-state index < -0.39 is 5.97 Å². The van der Waals surface area contributed by atoms with E-state index >= 15 is 0 Å². The molecule has 3 nitrogen and oxygen atoms in total. The van der Waals surface area contributed by atoms with Gasteiger partial charge in [0.2, 0.25) is 0 Å². The molecular weight excluding hydrogens is 420 g/mol. The smallest absolute Gasteiger partial charge is 0.328 e. The van der Waals surface area contributed by atoms with Crippen LogP contribution in [0, 0.1) is 0 Å². The van der Waals surface area contributed by atoms with E-state index in [0.29, 0.717) is 11.8 Å². The Labute approximate surface area is 209 Å². The second-order valence-corrected chi connectivity index (χ2v) is 9.94. The number of carboxylic acid groups (broad SMARTS) is 1. The van der Waals surface area contributed by atoms with E-state index in [2.05, 4.69) is 59.8 Å². The van der Waals surface area contributed by atoms with Gasteiger partial charge < -0.3 is 9.84 Å². The van der Waals surface area contributed by atoms with Crippen LogP contribution in [0.5, 0.6) is 5.75 Å². The van der Waals surface area contributed by atoms with Crippen molar-refractivity contribution in [2.75, 3.05) is 6.61 Å². The van der Waals surface area contributed by atoms with Crippen molar-refractivity contribution in [2.45, 2.75) is 112 Å². The van der Waals surface area contributed by atoms with Gasteiger partial charge in [-0.3, -0.25) is 0 Å². The number of allylic oxidation sites excluding steroid dienone is 5. The molecule has 0 aliphatic heterocycles. The van der Waals surface area contributed by atoms with Crippen LogP contribution in [-0.4, -0.2) is 17.7 Å². The van der Waals surface area contributed by atoms with Crippen molar-refractivity contribution in [1.82, 2.24) is 0 Å². The third-order valence-electron chi connectivity index (χ3n) is 6.08. The maximum Gasteiger partial charge on any atom is 0.328 e. The Bertz CT molecular complexity index is 840. The van der Waals surface area contributed by atoms with Crippen LogP contribution < -0.4 is 4.74 Å². The van der Waals surface area contributed by atoms with Crippen LogP contribution in [0.2, 0.25) is 0 Å². The zero-order valence-corrected chi connectivity index (χ0v) is 22.7. The molecule has 3 heteroatoms. The summed E-state index contributed by atoms with van der Waals surface area (Å²) in [5.74, 6) is 0.918. The molecule has 0 spiro atoms. The molecule has 0 aliphatic rings. The number of rotatable bonds is 16. The molecule has 0 aliphatic carbocycles. The van der Waals surface area contributed by atoms with Gasteiger partial charge in [0.1, 0.15) is 5.75 Å². The first-order valence-electron chi connectivity index (χ1n) is 13.3. The Hall–Kier alpha value is -2.29.